The van der Waals surface area contributed by atoms with E-state index in [-0.39, 0.29) is 5.91 Å². The van der Waals surface area contributed by atoms with Crippen LogP contribution in [0.25, 0.3) is 0 Å². The molecule has 0 radical (unpaired) electrons. The highest BCUT2D eigenvalue weighted by Gasteiger charge is 2.08. The Hall–Kier alpha value is -2.00. The molecule has 4 heteroatoms. The Morgan fingerprint density at radius 2 is 2.00 bits per heavy atom. The molecule has 0 saturated carbocycles. The Morgan fingerprint density at radius 1 is 1.22 bits per heavy atom. The van der Waals surface area contributed by atoms with Crippen molar-refractivity contribution in [3.63, 3.8) is 0 Å². The molecule has 92 valence electrons. The molecule has 0 atom stereocenters. The number of benzene rings is 2. The van der Waals surface area contributed by atoms with E-state index in [1.165, 1.54) is 0 Å². The number of rotatable bonds is 2. The van der Waals surface area contributed by atoms with Crippen molar-refractivity contribution in [3.05, 3.63) is 58.6 Å². The summed E-state index contributed by atoms with van der Waals surface area (Å²) in [5.74, 6) is -0.229. The number of amides is 1. The summed E-state index contributed by atoms with van der Waals surface area (Å²) < 4.78 is 0. The van der Waals surface area contributed by atoms with Gasteiger partial charge in [-0.15, -0.1) is 0 Å². The molecule has 0 fully saturated rings. The molecule has 3 nitrogen and oxygen atoms in total. The van der Waals surface area contributed by atoms with E-state index in [1.54, 1.807) is 36.4 Å². The number of nitrogens with two attached hydrogens (primary N) is 1. The summed E-state index contributed by atoms with van der Waals surface area (Å²) in [6, 6.07) is 12.3. The quantitative estimate of drug-likeness (QED) is 0.812. The molecule has 0 aromatic heterocycles. The van der Waals surface area contributed by atoms with E-state index in [0.29, 0.717) is 22.0 Å². The molecule has 0 aliphatic heterocycles. The first-order valence-corrected chi connectivity index (χ1v) is 5.87. The summed E-state index contributed by atoms with van der Waals surface area (Å²) in [5.41, 5.74) is 8.33. The van der Waals surface area contributed by atoms with Gasteiger partial charge in [0.25, 0.3) is 5.91 Å². The molecule has 2 aromatic rings. The smallest absolute Gasteiger partial charge is 0.255 e. The van der Waals surface area contributed by atoms with Crippen LogP contribution in [0.5, 0.6) is 0 Å². The lowest BCUT2D eigenvalue weighted by molar-refractivity contribution is 0.102. The number of halogens is 1. The van der Waals surface area contributed by atoms with Crippen LogP contribution in [0.1, 0.15) is 15.9 Å². The van der Waals surface area contributed by atoms with Gasteiger partial charge in [0.15, 0.2) is 0 Å². The van der Waals surface area contributed by atoms with Crippen LogP contribution in [0.2, 0.25) is 5.02 Å². The van der Waals surface area contributed by atoms with Crippen LogP contribution in [-0.2, 0) is 0 Å². The molecular weight excluding hydrogens is 248 g/mol. The lowest BCUT2D eigenvalue weighted by Gasteiger charge is -2.08. The number of anilines is 2. The maximum atomic E-state index is 12.0. The van der Waals surface area contributed by atoms with Gasteiger partial charge in [-0.2, -0.15) is 0 Å². The third kappa shape index (κ3) is 2.81. The summed E-state index contributed by atoms with van der Waals surface area (Å²) in [6.45, 7) is 1.94. The van der Waals surface area contributed by atoms with E-state index in [4.69, 9.17) is 17.3 Å². The fourth-order valence-corrected chi connectivity index (χ4v) is 1.88. The average Bonchev–Trinajstić information content (AvgIpc) is 2.32. The molecule has 0 heterocycles. The van der Waals surface area contributed by atoms with Crippen molar-refractivity contribution < 1.29 is 4.79 Å². The number of carbonyl (C=O) groups excluding carboxylic acids is 1. The predicted octanol–water partition coefficient (Wildman–Crippen LogP) is 3.48. The van der Waals surface area contributed by atoms with Crippen LogP contribution in [-0.4, -0.2) is 5.91 Å². The maximum Gasteiger partial charge on any atom is 0.255 e. The van der Waals surface area contributed by atoms with Crippen molar-refractivity contribution >= 4 is 28.9 Å². The highest BCUT2D eigenvalue weighted by atomic mass is 35.5. The fraction of sp³-hybridized carbons (Fsp3) is 0.0714. The number of nitrogens with one attached hydrogen (secondary N) is 1. The first kappa shape index (κ1) is 12.5. The number of aryl methyl sites for hydroxylation is 1. The molecule has 3 N–H and O–H groups in total. The lowest BCUT2D eigenvalue weighted by Crippen LogP contribution is -2.12. The summed E-state index contributed by atoms with van der Waals surface area (Å²) in [6.07, 6.45) is 0. The number of nitrogen functional groups attached to an aromatic ring is 1. The van der Waals surface area contributed by atoms with Crippen LogP contribution in [0.15, 0.2) is 42.5 Å². The van der Waals surface area contributed by atoms with Gasteiger partial charge in [0.2, 0.25) is 0 Å². The van der Waals surface area contributed by atoms with Crippen molar-refractivity contribution in [2.75, 3.05) is 11.1 Å². The molecule has 1 amide bonds. The largest absolute Gasteiger partial charge is 0.399 e. The summed E-state index contributed by atoms with van der Waals surface area (Å²) in [4.78, 5) is 12.0. The molecule has 0 aliphatic rings. The first-order valence-electron chi connectivity index (χ1n) is 5.49. The molecule has 0 bridgehead atoms. The molecule has 2 aromatic carbocycles. The van der Waals surface area contributed by atoms with E-state index < -0.39 is 0 Å². The van der Waals surface area contributed by atoms with Gasteiger partial charge < -0.3 is 11.1 Å². The second-order valence-electron chi connectivity index (χ2n) is 4.06. The fourth-order valence-electron chi connectivity index (χ4n) is 1.60. The molecule has 0 unspecified atom stereocenters. The van der Waals surface area contributed by atoms with Crippen LogP contribution in [0.3, 0.4) is 0 Å². The highest BCUT2D eigenvalue weighted by Crippen LogP contribution is 2.23. The van der Waals surface area contributed by atoms with Gasteiger partial charge in [0.05, 0.1) is 10.7 Å². The minimum absolute atomic E-state index is 0.229. The molecule has 2 rings (SSSR count). The second-order valence-corrected chi connectivity index (χ2v) is 4.47. The van der Waals surface area contributed by atoms with Gasteiger partial charge in [-0.1, -0.05) is 23.7 Å². The average molecular weight is 261 g/mol. The monoisotopic (exact) mass is 260 g/mol. The van der Waals surface area contributed by atoms with E-state index >= 15 is 0 Å². The van der Waals surface area contributed by atoms with Crippen molar-refractivity contribution in [1.29, 1.82) is 0 Å². The topological polar surface area (TPSA) is 55.1 Å². The van der Waals surface area contributed by atoms with Gasteiger partial charge in [0.1, 0.15) is 0 Å². The van der Waals surface area contributed by atoms with Crippen molar-refractivity contribution in [2.24, 2.45) is 0 Å². The molecule has 0 spiro atoms. The first-order chi connectivity index (χ1) is 8.56. The van der Waals surface area contributed by atoms with Crippen molar-refractivity contribution in [1.82, 2.24) is 0 Å². The van der Waals surface area contributed by atoms with E-state index in [0.717, 1.165) is 5.56 Å². The standard InChI is InChI=1S/C14H13ClN2O/c1-9-5-6-13(12(15)7-9)17-14(18)10-3-2-4-11(16)8-10/h2-8H,16H2,1H3,(H,17,18). The van der Waals surface area contributed by atoms with Crippen LogP contribution >= 0.6 is 11.6 Å². The molecule has 18 heavy (non-hydrogen) atoms. The zero-order valence-electron chi connectivity index (χ0n) is 9.91. The minimum atomic E-state index is -0.229. The number of carbonyl (C=O) groups is 1. The third-order valence-corrected chi connectivity index (χ3v) is 2.83. The number of hydrogen-bond donors (Lipinski definition) is 2. The molecule has 0 saturated heterocycles. The summed E-state index contributed by atoms with van der Waals surface area (Å²) in [7, 11) is 0. The second kappa shape index (κ2) is 5.10. The maximum absolute atomic E-state index is 12.0. The van der Waals surface area contributed by atoms with Crippen molar-refractivity contribution in [3.8, 4) is 0 Å². The van der Waals surface area contributed by atoms with E-state index in [2.05, 4.69) is 5.32 Å². The third-order valence-electron chi connectivity index (χ3n) is 2.52. The Balaban J connectivity index is 2.21. The number of hydrogen-bond acceptors (Lipinski definition) is 2. The Kier molecular flexibility index (Phi) is 3.53. The predicted molar refractivity (Wildman–Crippen MR) is 75.0 cm³/mol. The Bertz CT molecular complexity index is 596. The van der Waals surface area contributed by atoms with Crippen LogP contribution in [0.4, 0.5) is 11.4 Å². The van der Waals surface area contributed by atoms with Gasteiger partial charge in [0, 0.05) is 11.3 Å². The molecule has 0 aliphatic carbocycles. The molecular formula is C14H13ClN2O. The Morgan fingerprint density at radius 3 is 2.67 bits per heavy atom. The van der Waals surface area contributed by atoms with Gasteiger partial charge in [-0.05, 0) is 42.8 Å². The van der Waals surface area contributed by atoms with Gasteiger partial charge in [-0.25, -0.2) is 0 Å². The van der Waals surface area contributed by atoms with E-state index in [9.17, 15) is 4.79 Å². The van der Waals surface area contributed by atoms with Crippen molar-refractivity contribution in [2.45, 2.75) is 6.92 Å². The Labute approximate surface area is 111 Å². The van der Waals surface area contributed by atoms with Gasteiger partial charge >= 0.3 is 0 Å². The summed E-state index contributed by atoms with van der Waals surface area (Å²) >= 11 is 6.05. The highest BCUT2D eigenvalue weighted by molar-refractivity contribution is 6.34. The lowest BCUT2D eigenvalue weighted by atomic mass is 10.1. The van der Waals surface area contributed by atoms with Crippen LogP contribution in [0, 0.1) is 6.92 Å². The summed E-state index contributed by atoms with van der Waals surface area (Å²) in [5, 5.41) is 3.28. The van der Waals surface area contributed by atoms with Gasteiger partial charge in [-0.3, -0.25) is 4.79 Å². The SMILES string of the molecule is Cc1ccc(NC(=O)c2cccc(N)c2)c(Cl)c1. The normalized spacial score (nSPS) is 10.1. The zero-order chi connectivity index (χ0) is 13.1. The minimum Gasteiger partial charge on any atom is -0.399 e. The zero-order valence-corrected chi connectivity index (χ0v) is 10.7. The van der Waals surface area contributed by atoms with Crippen LogP contribution < -0.4 is 11.1 Å². The van der Waals surface area contributed by atoms with E-state index in [1.807, 2.05) is 13.0 Å².